The summed E-state index contributed by atoms with van der Waals surface area (Å²) < 4.78 is 5.20. The van der Waals surface area contributed by atoms with E-state index in [9.17, 15) is 9.90 Å². The largest absolute Gasteiger partial charge is 0.493 e. The second-order valence-electron chi connectivity index (χ2n) is 4.29. The third-order valence-electron chi connectivity index (χ3n) is 3.01. The number of rotatable bonds is 4. The van der Waals surface area contributed by atoms with Crippen molar-refractivity contribution in [3.63, 3.8) is 0 Å². The third-order valence-corrected chi connectivity index (χ3v) is 3.26. The minimum absolute atomic E-state index is 0.122. The fourth-order valence-electron chi connectivity index (χ4n) is 1.98. The molecule has 2 aromatic rings. The molecular weight excluding hydrogens is 280 g/mol. The average molecular weight is 295 g/mol. The molecular formula is C14H15ClN2O3. The van der Waals surface area contributed by atoms with Crippen molar-refractivity contribution in [3.8, 4) is 17.0 Å². The highest BCUT2D eigenvalue weighted by atomic mass is 35.5. The lowest BCUT2D eigenvalue weighted by Crippen LogP contribution is -2.17. The van der Waals surface area contributed by atoms with Gasteiger partial charge in [0, 0.05) is 12.1 Å². The molecule has 0 spiro atoms. The smallest absolute Gasteiger partial charge is 0.262 e. The van der Waals surface area contributed by atoms with Crippen molar-refractivity contribution in [2.45, 2.75) is 19.4 Å². The SMILES string of the molecule is CCC(OC)c1nc(O)c(-c2ccc(Cl)cc2)c(=O)[nH]1. The van der Waals surface area contributed by atoms with Crippen LogP contribution in [-0.4, -0.2) is 22.2 Å². The Morgan fingerprint density at radius 3 is 2.55 bits per heavy atom. The number of hydrogen-bond donors (Lipinski definition) is 2. The summed E-state index contributed by atoms with van der Waals surface area (Å²) in [5.41, 5.74) is 0.263. The van der Waals surface area contributed by atoms with E-state index in [0.717, 1.165) is 0 Å². The van der Waals surface area contributed by atoms with Crippen LogP contribution in [0.4, 0.5) is 0 Å². The molecule has 0 aliphatic rings. The van der Waals surface area contributed by atoms with Gasteiger partial charge >= 0.3 is 0 Å². The molecule has 0 aliphatic carbocycles. The Kier molecular flexibility index (Phi) is 4.42. The monoisotopic (exact) mass is 294 g/mol. The standard InChI is InChI=1S/C14H15ClN2O3/c1-3-10(20-2)12-16-13(18)11(14(19)17-12)8-4-6-9(15)7-5-8/h4-7,10H,3H2,1-2H3,(H2,16,17,18,19). The predicted octanol–water partition coefficient (Wildman–Crippen LogP) is 2.89. The van der Waals surface area contributed by atoms with Gasteiger partial charge in [-0.3, -0.25) is 4.79 Å². The molecule has 0 fully saturated rings. The van der Waals surface area contributed by atoms with E-state index in [2.05, 4.69) is 9.97 Å². The third kappa shape index (κ3) is 2.84. The highest BCUT2D eigenvalue weighted by Crippen LogP contribution is 2.26. The summed E-state index contributed by atoms with van der Waals surface area (Å²) in [5.74, 6) is -0.00298. The molecule has 5 nitrogen and oxygen atoms in total. The van der Waals surface area contributed by atoms with Gasteiger partial charge in [0.05, 0.1) is 0 Å². The Bertz CT molecular complexity index is 648. The number of nitrogens with zero attached hydrogens (tertiary/aromatic N) is 1. The van der Waals surface area contributed by atoms with Gasteiger partial charge in [-0.05, 0) is 24.1 Å². The maximum Gasteiger partial charge on any atom is 0.262 e. The summed E-state index contributed by atoms with van der Waals surface area (Å²) in [6.07, 6.45) is 0.284. The molecule has 2 N–H and O–H groups in total. The van der Waals surface area contributed by atoms with E-state index < -0.39 is 5.56 Å². The molecule has 0 saturated heterocycles. The molecule has 0 aliphatic heterocycles. The molecule has 0 radical (unpaired) electrons. The van der Waals surface area contributed by atoms with E-state index in [1.807, 2.05) is 6.92 Å². The highest BCUT2D eigenvalue weighted by Gasteiger charge is 2.17. The van der Waals surface area contributed by atoms with Gasteiger partial charge in [-0.25, -0.2) is 0 Å². The topological polar surface area (TPSA) is 75.2 Å². The van der Waals surface area contributed by atoms with Crippen molar-refractivity contribution in [1.29, 1.82) is 0 Å². The van der Waals surface area contributed by atoms with Gasteiger partial charge in [-0.15, -0.1) is 0 Å². The van der Waals surface area contributed by atoms with E-state index in [0.29, 0.717) is 22.8 Å². The fourth-order valence-corrected chi connectivity index (χ4v) is 2.11. The fraction of sp³-hybridized carbons (Fsp3) is 0.286. The average Bonchev–Trinajstić information content (AvgIpc) is 2.41. The van der Waals surface area contributed by atoms with Gasteiger partial charge in [-0.2, -0.15) is 4.98 Å². The van der Waals surface area contributed by atoms with E-state index in [-0.39, 0.29) is 17.5 Å². The Morgan fingerprint density at radius 1 is 1.40 bits per heavy atom. The Balaban J connectivity index is 2.51. The molecule has 1 atom stereocenters. The number of halogens is 1. The predicted molar refractivity (Wildman–Crippen MR) is 77.0 cm³/mol. The zero-order valence-electron chi connectivity index (χ0n) is 11.2. The Hall–Kier alpha value is -1.85. The van der Waals surface area contributed by atoms with E-state index >= 15 is 0 Å². The molecule has 1 unspecified atom stereocenters. The van der Waals surface area contributed by atoms with Crippen LogP contribution in [0, 0.1) is 0 Å². The summed E-state index contributed by atoms with van der Waals surface area (Å²) in [6.45, 7) is 1.90. The lowest BCUT2D eigenvalue weighted by atomic mass is 10.1. The molecule has 20 heavy (non-hydrogen) atoms. The molecule has 1 heterocycles. The van der Waals surface area contributed by atoms with Crippen LogP contribution in [0.5, 0.6) is 5.88 Å². The van der Waals surface area contributed by atoms with Gasteiger partial charge in [0.25, 0.3) is 5.56 Å². The van der Waals surface area contributed by atoms with E-state index in [4.69, 9.17) is 16.3 Å². The first-order valence-electron chi connectivity index (χ1n) is 6.18. The van der Waals surface area contributed by atoms with E-state index in [1.165, 1.54) is 7.11 Å². The summed E-state index contributed by atoms with van der Waals surface area (Å²) in [4.78, 5) is 18.8. The number of methoxy groups -OCH3 is 1. The van der Waals surface area contributed by atoms with Crippen molar-refractivity contribution < 1.29 is 9.84 Å². The Morgan fingerprint density at radius 2 is 2.05 bits per heavy atom. The zero-order valence-corrected chi connectivity index (χ0v) is 11.9. The van der Waals surface area contributed by atoms with Crippen molar-refractivity contribution in [2.75, 3.05) is 7.11 Å². The van der Waals surface area contributed by atoms with Gasteiger partial charge in [0.1, 0.15) is 17.5 Å². The van der Waals surface area contributed by atoms with Crippen molar-refractivity contribution >= 4 is 11.6 Å². The molecule has 0 saturated carbocycles. The number of nitrogens with one attached hydrogen (secondary N) is 1. The van der Waals surface area contributed by atoms with Crippen LogP contribution in [0.15, 0.2) is 29.1 Å². The van der Waals surface area contributed by atoms with Crippen LogP contribution in [0.3, 0.4) is 0 Å². The summed E-state index contributed by atoms with van der Waals surface area (Å²) >= 11 is 5.80. The first-order chi connectivity index (χ1) is 9.56. The number of aromatic amines is 1. The molecule has 6 heteroatoms. The van der Waals surface area contributed by atoms with Crippen molar-refractivity contribution in [1.82, 2.24) is 9.97 Å². The van der Waals surface area contributed by atoms with Gasteiger partial charge < -0.3 is 14.8 Å². The highest BCUT2D eigenvalue weighted by molar-refractivity contribution is 6.30. The maximum atomic E-state index is 12.1. The van der Waals surface area contributed by atoms with Gasteiger partial charge in [-0.1, -0.05) is 30.7 Å². The van der Waals surface area contributed by atoms with Crippen LogP contribution in [-0.2, 0) is 4.74 Å². The Labute approximate surface area is 121 Å². The molecule has 0 amide bonds. The normalized spacial score (nSPS) is 12.3. The number of benzene rings is 1. The molecule has 0 bridgehead atoms. The lowest BCUT2D eigenvalue weighted by molar-refractivity contribution is 0.0918. The van der Waals surface area contributed by atoms with Crippen molar-refractivity contribution in [3.05, 3.63) is 45.5 Å². The minimum Gasteiger partial charge on any atom is -0.493 e. The number of H-pyrrole nitrogens is 1. The summed E-state index contributed by atoms with van der Waals surface area (Å²) in [6, 6.07) is 6.60. The number of aromatic hydroxyl groups is 1. The first-order valence-corrected chi connectivity index (χ1v) is 6.56. The second kappa shape index (κ2) is 6.07. The first kappa shape index (κ1) is 14.6. The maximum absolute atomic E-state index is 12.1. The van der Waals surface area contributed by atoms with Gasteiger partial charge in [0.2, 0.25) is 5.88 Å². The summed E-state index contributed by atoms with van der Waals surface area (Å²) in [5, 5.41) is 10.6. The van der Waals surface area contributed by atoms with E-state index in [1.54, 1.807) is 24.3 Å². The van der Waals surface area contributed by atoms with Crippen LogP contribution >= 0.6 is 11.6 Å². The molecule has 106 valence electrons. The quantitative estimate of drug-likeness (QED) is 0.909. The zero-order chi connectivity index (χ0) is 14.7. The number of ether oxygens (including phenoxy) is 1. The van der Waals surface area contributed by atoms with Gasteiger partial charge in [0.15, 0.2) is 0 Å². The summed E-state index contributed by atoms with van der Waals surface area (Å²) in [7, 11) is 1.53. The molecule has 1 aromatic carbocycles. The van der Waals surface area contributed by atoms with Crippen LogP contribution in [0.2, 0.25) is 5.02 Å². The van der Waals surface area contributed by atoms with Crippen LogP contribution < -0.4 is 5.56 Å². The molecule has 2 rings (SSSR count). The molecule has 1 aromatic heterocycles. The van der Waals surface area contributed by atoms with Crippen molar-refractivity contribution in [2.24, 2.45) is 0 Å². The van der Waals surface area contributed by atoms with Crippen LogP contribution in [0.1, 0.15) is 25.3 Å². The second-order valence-corrected chi connectivity index (χ2v) is 4.73. The number of aromatic nitrogens is 2. The lowest BCUT2D eigenvalue weighted by Gasteiger charge is -2.13. The number of hydrogen-bond acceptors (Lipinski definition) is 4. The minimum atomic E-state index is -0.412. The van der Waals surface area contributed by atoms with Crippen LogP contribution in [0.25, 0.3) is 11.1 Å².